The van der Waals surface area contributed by atoms with Crippen LogP contribution < -0.4 is 5.32 Å². The van der Waals surface area contributed by atoms with Gasteiger partial charge in [0, 0.05) is 22.2 Å². The SMILES string of the molecule is CCn1cc(C)nc1Nc1cc(Cl)ccc1Br. The Kier molecular flexibility index (Phi) is 3.74. The largest absolute Gasteiger partial charge is 0.325 e. The van der Waals surface area contributed by atoms with E-state index in [1.807, 2.05) is 31.3 Å². The van der Waals surface area contributed by atoms with E-state index in [2.05, 4.69) is 37.7 Å². The number of rotatable bonds is 3. The predicted octanol–water partition coefficient (Wildman–Crippen LogP) is 4.37. The van der Waals surface area contributed by atoms with Gasteiger partial charge in [-0.25, -0.2) is 4.98 Å². The Morgan fingerprint density at radius 3 is 2.94 bits per heavy atom. The fourth-order valence-electron chi connectivity index (χ4n) is 1.60. The van der Waals surface area contributed by atoms with Crippen LogP contribution in [0.15, 0.2) is 28.9 Å². The average molecular weight is 315 g/mol. The highest BCUT2D eigenvalue weighted by Crippen LogP contribution is 2.28. The highest BCUT2D eigenvalue weighted by Gasteiger charge is 2.07. The lowest BCUT2D eigenvalue weighted by Gasteiger charge is -2.09. The monoisotopic (exact) mass is 313 g/mol. The first kappa shape index (κ1) is 12.5. The zero-order valence-electron chi connectivity index (χ0n) is 9.67. The van der Waals surface area contributed by atoms with Crippen LogP contribution in [0.3, 0.4) is 0 Å². The molecule has 90 valence electrons. The molecule has 0 radical (unpaired) electrons. The van der Waals surface area contributed by atoms with Crippen LogP contribution in [0.1, 0.15) is 12.6 Å². The summed E-state index contributed by atoms with van der Waals surface area (Å²) in [7, 11) is 0. The molecule has 0 aliphatic heterocycles. The van der Waals surface area contributed by atoms with Crippen molar-refractivity contribution in [2.24, 2.45) is 0 Å². The number of benzene rings is 1. The molecule has 1 N–H and O–H groups in total. The average Bonchev–Trinajstić information content (AvgIpc) is 2.64. The number of aryl methyl sites for hydroxylation is 2. The van der Waals surface area contributed by atoms with Crippen molar-refractivity contribution in [3.05, 3.63) is 39.6 Å². The summed E-state index contributed by atoms with van der Waals surface area (Å²) in [5, 5.41) is 3.97. The fourth-order valence-corrected chi connectivity index (χ4v) is 2.12. The molecule has 0 aliphatic carbocycles. The molecule has 1 heterocycles. The Bertz CT molecular complexity index is 537. The molecule has 1 aromatic carbocycles. The van der Waals surface area contributed by atoms with Crippen LogP contribution in [0.5, 0.6) is 0 Å². The maximum absolute atomic E-state index is 5.97. The molecule has 0 atom stereocenters. The molecule has 5 heteroatoms. The van der Waals surface area contributed by atoms with Crippen LogP contribution in [-0.2, 0) is 6.54 Å². The molecule has 0 saturated carbocycles. The Morgan fingerprint density at radius 2 is 2.24 bits per heavy atom. The van der Waals surface area contributed by atoms with E-state index in [0.29, 0.717) is 5.02 Å². The van der Waals surface area contributed by atoms with E-state index in [1.54, 1.807) is 0 Å². The smallest absolute Gasteiger partial charge is 0.207 e. The van der Waals surface area contributed by atoms with Gasteiger partial charge in [-0.1, -0.05) is 11.6 Å². The van der Waals surface area contributed by atoms with Crippen LogP contribution in [0.4, 0.5) is 11.6 Å². The minimum absolute atomic E-state index is 0.696. The molecular formula is C12H13BrClN3. The molecular weight excluding hydrogens is 302 g/mol. The number of aromatic nitrogens is 2. The molecule has 0 unspecified atom stereocenters. The number of hydrogen-bond donors (Lipinski definition) is 1. The van der Waals surface area contributed by atoms with Gasteiger partial charge in [-0.2, -0.15) is 0 Å². The molecule has 0 spiro atoms. The van der Waals surface area contributed by atoms with Crippen LogP contribution in [0.2, 0.25) is 5.02 Å². The van der Waals surface area contributed by atoms with Gasteiger partial charge < -0.3 is 9.88 Å². The Balaban J connectivity index is 2.33. The van der Waals surface area contributed by atoms with Crippen LogP contribution in [0.25, 0.3) is 0 Å². The summed E-state index contributed by atoms with van der Waals surface area (Å²) in [5.74, 6) is 0.827. The summed E-state index contributed by atoms with van der Waals surface area (Å²) < 4.78 is 3.02. The fraction of sp³-hybridized carbons (Fsp3) is 0.250. The predicted molar refractivity (Wildman–Crippen MR) is 75.1 cm³/mol. The number of imidazole rings is 1. The van der Waals surface area contributed by atoms with Gasteiger partial charge in [0.05, 0.1) is 11.4 Å². The molecule has 17 heavy (non-hydrogen) atoms. The van der Waals surface area contributed by atoms with E-state index >= 15 is 0 Å². The summed E-state index contributed by atoms with van der Waals surface area (Å²) >= 11 is 9.46. The van der Waals surface area contributed by atoms with E-state index in [4.69, 9.17) is 11.6 Å². The van der Waals surface area contributed by atoms with Gasteiger partial charge in [-0.05, 0) is 48.0 Å². The summed E-state index contributed by atoms with van der Waals surface area (Å²) in [6, 6.07) is 5.63. The Hall–Kier alpha value is -1.000. The van der Waals surface area contributed by atoms with Crippen molar-refractivity contribution >= 4 is 39.2 Å². The van der Waals surface area contributed by atoms with Crippen molar-refractivity contribution in [1.29, 1.82) is 0 Å². The highest BCUT2D eigenvalue weighted by molar-refractivity contribution is 9.10. The number of nitrogens with zero attached hydrogens (tertiary/aromatic N) is 2. The first-order valence-electron chi connectivity index (χ1n) is 5.36. The second-order valence-corrected chi connectivity index (χ2v) is 5.03. The number of halogens is 2. The van der Waals surface area contributed by atoms with Crippen molar-refractivity contribution in [3.8, 4) is 0 Å². The van der Waals surface area contributed by atoms with Crippen molar-refractivity contribution in [3.63, 3.8) is 0 Å². The van der Waals surface area contributed by atoms with Gasteiger partial charge in [-0.15, -0.1) is 0 Å². The Morgan fingerprint density at radius 1 is 1.47 bits per heavy atom. The van der Waals surface area contributed by atoms with Gasteiger partial charge >= 0.3 is 0 Å². The first-order valence-corrected chi connectivity index (χ1v) is 6.53. The summed E-state index contributed by atoms with van der Waals surface area (Å²) in [4.78, 5) is 4.44. The third-order valence-corrected chi connectivity index (χ3v) is 3.34. The second kappa shape index (κ2) is 5.10. The minimum Gasteiger partial charge on any atom is -0.325 e. The summed E-state index contributed by atoms with van der Waals surface area (Å²) in [6.45, 7) is 4.94. The zero-order valence-corrected chi connectivity index (χ0v) is 12.0. The van der Waals surface area contributed by atoms with Crippen LogP contribution >= 0.6 is 27.5 Å². The number of anilines is 2. The Labute approximate surface area is 114 Å². The topological polar surface area (TPSA) is 29.9 Å². The normalized spacial score (nSPS) is 10.6. The van der Waals surface area contributed by atoms with Gasteiger partial charge in [-0.3, -0.25) is 0 Å². The standard InChI is InChI=1S/C12H13BrClN3/c1-3-17-7-8(2)15-12(17)16-11-6-9(14)4-5-10(11)13/h4-7H,3H2,1-2H3,(H,15,16). The third-order valence-electron chi connectivity index (χ3n) is 2.41. The maximum atomic E-state index is 5.97. The summed E-state index contributed by atoms with van der Waals surface area (Å²) in [5.41, 5.74) is 1.91. The van der Waals surface area contributed by atoms with Gasteiger partial charge in [0.1, 0.15) is 0 Å². The minimum atomic E-state index is 0.696. The first-order chi connectivity index (χ1) is 8.10. The van der Waals surface area contributed by atoms with Crippen LogP contribution in [0, 0.1) is 6.92 Å². The van der Waals surface area contributed by atoms with E-state index in [1.165, 1.54) is 0 Å². The lowest BCUT2D eigenvalue weighted by atomic mass is 10.3. The summed E-state index contributed by atoms with van der Waals surface area (Å²) in [6.07, 6.45) is 2.01. The molecule has 2 rings (SSSR count). The molecule has 0 saturated heterocycles. The van der Waals surface area contributed by atoms with Gasteiger partial charge in [0.2, 0.25) is 5.95 Å². The van der Waals surface area contributed by atoms with Gasteiger partial charge in [0.25, 0.3) is 0 Å². The zero-order chi connectivity index (χ0) is 12.4. The van der Waals surface area contributed by atoms with Crippen LogP contribution in [-0.4, -0.2) is 9.55 Å². The lowest BCUT2D eigenvalue weighted by Crippen LogP contribution is -2.01. The van der Waals surface area contributed by atoms with Gasteiger partial charge in [0.15, 0.2) is 0 Å². The molecule has 0 amide bonds. The van der Waals surface area contributed by atoms with Crippen molar-refractivity contribution in [1.82, 2.24) is 9.55 Å². The number of hydrogen-bond acceptors (Lipinski definition) is 2. The van der Waals surface area contributed by atoms with E-state index in [0.717, 1.165) is 28.3 Å². The molecule has 2 aromatic rings. The lowest BCUT2D eigenvalue weighted by molar-refractivity contribution is 0.771. The number of nitrogens with one attached hydrogen (secondary N) is 1. The highest BCUT2D eigenvalue weighted by atomic mass is 79.9. The molecule has 3 nitrogen and oxygen atoms in total. The van der Waals surface area contributed by atoms with E-state index in [-0.39, 0.29) is 0 Å². The van der Waals surface area contributed by atoms with Crippen molar-refractivity contribution in [2.75, 3.05) is 5.32 Å². The molecule has 0 bridgehead atoms. The molecule has 0 fully saturated rings. The van der Waals surface area contributed by atoms with E-state index in [9.17, 15) is 0 Å². The third kappa shape index (κ3) is 2.82. The molecule has 0 aliphatic rings. The second-order valence-electron chi connectivity index (χ2n) is 3.74. The van der Waals surface area contributed by atoms with Crippen molar-refractivity contribution < 1.29 is 0 Å². The van der Waals surface area contributed by atoms with Crippen molar-refractivity contribution in [2.45, 2.75) is 20.4 Å². The van der Waals surface area contributed by atoms with E-state index < -0.39 is 0 Å². The maximum Gasteiger partial charge on any atom is 0.207 e. The molecule has 1 aromatic heterocycles. The quantitative estimate of drug-likeness (QED) is 0.911.